The number of rotatable bonds is 3. The van der Waals surface area contributed by atoms with Gasteiger partial charge in [0.15, 0.2) is 29.9 Å². The number of esters is 1. The molecule has 10 heteroatoms. The Labute approximate surface area is 112 Å². The van der Waals surface area contributed by atoms with Crippen molar-refractivity contribution in [3.63, 3.8) is 0 Å². The normalized spacial score (nSPS) is 12.4. The number of benzene rings is 1. The lowest BCUT2D eigenvalue weighted by Crippen LogP contribution is -2.20. The van der Waals surface area contributed by atoms with Gasteiger partial charge in [0.1, 0.15) is 0 Å². The number of halogens is 7. The zero-order chi connectivity index (χ0) is 16.4. The van der Waals surface area contributed by atoms with Crippen LogP contribution in [0.15, 0.2) is 12.1 Å². The first-order valence-electron chi connectivity index (χ1n) is 4.98. The summed E-state index contributed by atoms with van der Waals surface area (Å²) in [6, 6.07) is -0.0381. The van der Waals surface area contributed by atoms with E-state index in [0.717, 1.165) is 0 Å². The molecule has 0 unspecified atom stereocenters. The predicted molar refractivity (Wildman–Crippen MR) is 51.3 cm³/mol. The van der Waals surface area contributed by atoms with Gasteiger partial charge in [0.05, 0.1) is 0 Å². The van der Waals surface area contributed by atoms with Gasteiger partial charge in [-0.3, -0.25) is 0 Å². The van der Waals surface area contributed by atoms with E-state index in [1.807, 2.05) is 0 Å². The van der Waals surface area contributed by atoms with Crippen LogP contribution in [0, 0.1) is 23.3 Å². The van der Waals surface area contributed by atoms with Crippen molar-refractivity contribution in [2.24, 2.45) is 0 Å². The molecular formula is C11H4F7O3-. The molecule has 0 saturated carbocycles. The Morgan fingerprint density at radius 1 is 1.14 bits per heavy atom. The van der Waals surface area contributed by atoms with Crippen LogP contribution in [0.2, 0.25) is 0 Å². The average molecular weight is 317 g/mol. The van der Waals surface area contributed by atoms with E-state index in [2.05, 4.69) is 4.74 Å². The first-order valence-corrected chi connectivity index (χ1v) is 4.98. The summed E-state index contributed by atoms with van der Waals surface area (Å²) < 4.78 is 90.2. The molecule has 0 radical (unpaired) electrons. The molecule has 1 rings (SSSR count). The van der Waals surface area contributed by atoms with Crippen molar-refractivity contribution in [2.75, 3.05) is 6.61 Å². The molecule has 1 aromatic rings. The van der Waals surface area contributed by atoms with Crippen LogP contribution in [0.1, 0.15) is 5.56 Å². The van der Waals surface area contributed by atoms with Gasteiger partial charge in [-0.25, -0.2) is 22.4 Å². The number of alkyl halides is 3. The van der Waals surface area contributed by atoms with Crippen LogP contribution >= 0.6 is 0 Å². The molecule has 0 bridgehead atoms. The average Bonchev–Trinajstić information content (AvgIpc) is 2.37. The first kappa shape index (κ1) is 16.8. The highest BCUT2D eigenvalue weighted by Gasteiger charge is 2.29. The van der Waals surface area contributed by atoms with Gasteiger partial charge in [0.25, 0.3) is 0 Å². The van der Waals surface area contributed by atoms with Crippen LogP contribution in [0.3, 0.4) is 0 Å². The molecule has 0 atom stereocenters. The summed E-state index contributed by atoms with van der Waals surface area (Å²) in [7, 11) is 0. The highest BCUT2D eigenvalue weighted by Crippen LogP contribution is 2.22. The second-order valence-electron chi connectivity index (χ2n) is 3.58. The fourth-order valence-electron chi connectivity index (χ4n) is 1.13. The van der Waals surface area contributed by atoms with Crippen LogP contribution < -0.4 is 5.11 Å². The number of hydrogen-bond donors (Lipinski definition) is 0. The summed E-state index contributed by atoms with van der Waals surface area (Å²) in [5.74, 6) is -12.0. The third kappa shape index (κ3) is 4.36. The Kier molecular flexibility index (Phi) is 4.81. The predicted octanol–water partition coefficient (Wildman–Crippen LogP) is 2.05. The molecule has 116 valence electrons. The SMILES string of the molecule is O=C(/C=C(\[O-])c1cc(F)c(F)c(F)c1F)OCC(F)(F)F. The molecule has 0 N–H and O–H groups in total. The van der Waals surface area contributed by atoms with Crippen molar-refractivity contribution in [1.29, 1.82) is 0 Å². The van der Waals surface area contributed by atoms with E-state index in [1.54, 1.807) is 0 Å². The second-order valence-corrected chi connectivity index (χ2v) is 3.58. The van der Waals surface area contributed by atoms with E-state index in [-0.39, 0.29) is 12.1 Å². The monoisotopic (exact) mass is 317 g/mol. The molecular weight excluding hydrogens is 313 g/mol. The van der Waals surface area contributed by atoms with Gasteiger partial charge in [-0.1, -0.05) is 5.76 Å². The van der Waals surface area contributed by atoms with E-state index >= 15 is 0 Å². The van der Waals surface area contributed by atoms with Crippen molar-refractivity contribution in [3.05, 3.63) is 41.0 Å². The zero-order valence-electron chi connectivity index (χ0n) is 9.73. The minimum absolute atomic E-state index is 0.0381. The van der Waals surface area contributed by atoms with Crippen molar-refractivity contribution >= 4 is 11.7 Å². The van der Waals surface area contributed by atoms with Crippen LogP contribution in [0.25, 0.3) is 5.76 Å². The lowest BCUT2D eigenvalue weighted by Gasteiger charge is -2.14. The van der Waals surface area contributed by atoms with E-state index in [1.165, 1.54) is 0 Å². The molecule has 0 aliphatic heterocycles. The van der Waals surface area contributed by atoms with Crippen LogP contribution in [0.4, 0.5) is 30.7 Å². The highest BCUT2D eigenvalue weighted by molar-refractivity contribution is 5.89. The molecule has 0 fully saturated rings. The van der Waals surface area contributed by atoms with E-state index < -0.39 is 53.3 Å². The topological polar surface area (TPSA) is 49.4 Å². The van der Waals surface area contributed by atoms with Gasteiger partial charge in [-0.2, -0.15) is 13.2 Å². The van der Waals surface area contributed by atoms with E-state index in [9.17, 15) is 40.6 Å². The Morgan fingerprint density at radius 3 is 2.24 bits per heavy atom. The third-order valence-electron chi connectivity index (χ3n) is 2.00. The number of carbonyl (C=O) groups is 1. The van der Waals surface area contributed by atoms with Gasteiger partial charge in [0, 0.05) is 11.6 Å². The molecule has 1 aromatic carbocycles. The van der Waals surface area contributed by atoms with Gasteiger partial charge in [0.2, 0.25) is 0 Å². The zero-order valence-corrected chi connectivity index (χ0v) is 9.73. The highest BCUT2D eigenvalue weighted by atomic mass is 19.4. The van der Waals surface area contributed by atoms with Gasteiger partial charge >= 0.3 is 12.1 Å². The maximum Gasteiger partial charge on any atom is 0.422 e. The van der Waals surface area contributed by atoms with E-state index in [0.29, 0.717) is 0 Å². The first-order chi connectivity index (χ1) is 9.53. The Bertz CT molecular complexity index is 592. The Hall–Kier alpha value is -2.26. The number of carbonyl (C=O) groups excluding carboxylic acids is 1. The minimum Gasteiger partial charge on any atom is -0.872 e. The van der Waals surface area contributed by atoms with Gasteiger partial charge in [-0.15, -0.1) is 0 Å². The second kappa shape index (κ2) is 6.02. The van der Waals surface area contributed by atoms with Crippen LogP contribution in [0.5, 0.6) is 0 Å². The van der Waals surface area contributed by atoms with Crippen LogP contribution in [-0.4, -0.2) is 18.8 Å². The molecule has 0 spiro atoms. The summed E-state index contributed by atoms with van der Waals surface area (Å²) >= 11 is 0. The van der Waals surface area contributed by atoms with Gasteiger partial charge < -0.3 is 9.84 Å². The molecule has 0 aliphatic carbocycles. The molecule has 0 amide bonds. The minimum atomic E-state index is -4.86. The maximum atomic E-state index is 13.2. The lowest BCUT2D eigenvalue weighted by atomic mass is 10.1. The summed E-state index contributed by atoms with van der Waals surface area (Å²) in [6.07, 6.45) is -5.01. The summed E-state index contributed by atoms with van der Waals surface area (Å²) in [6.45, 7) is -2.01. The standard InChI is InChI=1S/C11H5F7O3/c12-5-1-4(8(13)10(15)9(5)14)6(19)2-7(20)21-3-11(16,17)18/h1-2,19H,3H2/p-1/b6-2-. The third-order valence-corrected chi connectivity index (χ3v) is 2.00. The Morgan fingerprint density at radius 2 is 1.71 bits per heavy atom. The molecule has 0 heterocycles. The lowest BCUT2D eigenvalue weighted by molar-refractivity contribution is -0.244. The summed E-state index contributed by atoms with van der Waals surface area (Å²) in [4.78, 5) is 10.8. The van der Waals surface area contributed by atoms with Gasteiger partial charge in [-0.05, 0) is 6.07 Å². The van der Waals surface area contributed by atoms with Crippen molar-refractivity contribution in [1.82, 2.24) is 0 Å². The fraction of sp³-hybridized carbons (Fsp3) is 0.182. The molecule has 3 nitrogen and oxygen atoms in total. The summed E-state index contributed by atoms with van der Waals surface area (Å²) in [5, 5.41) is 11.3. The quantitative estimate of drug-likeness (QED) is 0.214. The number of ether oxygens (including phenoxy) is 1. The maximum absolute atomic E-state index is 13.2. The van der Waals surface area contributed by atoms with Crippen molar-refractivity contribution in [3.8, 4) is 0 Å². The fourth-order valence-corrected chi connectivity index (χ4v) is 1.13. The number of hydrogen-bond acceptors (Lipinski definition) is 3. The molecule has 0 aliphatic rings. The van der Waals surface area contributed by atoms with Crippen LogP contribution in [-0.2, 0) is 9.53 Å². The van der Waals surface area contributed by atoms with Crippen molar-refractivity contribution in [2.45, 2.75) is 6.18 Å². The largest absolute Gasteiger partial charge is 0.872 e. The molecule has 0 aromatic heterocycles. The summed E-state index contributed by atoms with van der Waals surface area (Å²) in [5.41, 5.74) is -1.37. The van der Waals surface area contributed by atoms with Crippen molar-refractivity contribution < 1.29 is 45.4 Å². The molecule has 21 heavy (non-hydrogen) atoms. The smallest absolute Gasteiger partial charge is 0.422 e. The Balaban J connectivity index is 3.01. The molecule has 0 saturated heterocycles. The van der Waals surface area contributed by atoms with E-state index in [4.69, 9.17) is 0 Å².